The van der Waals surface area contributed by atoms with Crippen molar-refractivity contribution in [2.75, 3.05) is 25.6 Å². The number of nitrogens with one attached hydrogen (secondary N) is 2. The fourth-order valence-corrected chi connectivity index (χ4v) is 4.14. The molecule has 1 fully saturated rings. The third-order valence-electron chi connectivity index (χ3n) is 4.69. The first-order valence-electron chi connectivity index (χ1n) is 9.14. The highest BCUT2D eigenvalue weighted by atomic mass is 32.2. The highest BCUT2D eigenvalue weighted by molar-refractivity contribution is 7.89. The summed E-state index contributed by atoms with van der Waals surface area (Å²) in [5, 5.41) is 0. The zero-order valence-electron chi connectivity index (χ0n) is 16.7. The van der Waals surface area contributed by atoms with Crippen molar-refractivity contribution in [1.82, 2.24) is 24.2 Å². The van der Waals surface area contributed by atoms with Crippen LogP contribution >= 0.6 is 0 Å². The van der Waals surface area contributed by atoms with Gasteiger partial charge in [-0.05, 0) is 27.3 Å². The van der Waals surface area contributed by atoms with Crippen LogP contribution in [0.2, 0.25) is 0 Å². The van der Waals surface area contributed by atoms with E-state index in [1.165, 1.54) is 20.5 Å². The quantitative estimate of drug-likeness (QED) is 0.493. The van der Waals surface area contributed by atoms with Crippen molar-refractivity contribution in [2.24, 2.45) is 0 Å². The van der Waals surface area contributed by atoms with Crippen LogP contribution in [0.4, 0.5) is 5.95 Å². The fourth-order valence-electron chi connectivity index (χ4n) is 3.40. The number of nitrogen functional groups attached to an aromatic ring is 1. The second-order valence-corrected chi connectivity index (χ2v) is 9.05. The van der Waals surface area contributed by atoms with E-state index < -0.39 is 40.1 Å². The van der Waals surface area contributed by atoms with Crippen LogP contribution in [0.15, 0.2) is 11.1 Å². The number of rotatable bonds is 8. The minimum Gasteiger partial charge on any atom is -0.374 e. The smallest absolute Gasteiger partial charge is 0.280 e. The standard InChI is InChI=1S/C16H26N6O6S/c1-8(2)27-11-9(5-6-29(24,25)18-3)28-15(12(11)26-4)22-7-19-10-13(22)20-16(17)21-14(10)23/h7-9,11-12,15,18H,5-6H2,1-4H3,(H3,17,20,21,23)/t9-,11-,12-,15?/m1/s1. The third-order valence-corrected chi connectivity index (χ3v) is 6.09. The molecule has 1 aliphatic heterocycles. The molecule has 1 aliphatic rings. The van der Waals surface area contributed by atoms with Gasteiger partial charge in [-0.25, -0.2) is 18.1 Å². The van der Waals surface area contributed by atoms with Gasteiger partial charge >= 0.3 is 0 Å². The van der Waals surface area contributed by atoms with Gasteiger partial charge in [0.2, 0.25) is 16.0 Å². The normalized spacial score (nSPS) is 25.3. The molecular formula is C16H26N6O6S. The number of aromatic amines is 1. The van der Waals surface area contributed by atoms with Crippen molar-refractivity contribution in [3.63, 3.8) is 0 Å². The first-order chi connectivity index (χ1) is 13.7. The Balaban J connectivity index is 1.97. The van der Waals surface area contributed by atoms with E-state index in [0.717, 1.165) is 0 Å². The summed E-state index contributed by atoms with van der Waals surface area (Å²) >= 11 is 0. The number of aromatic nitrogens is 4. The number of imidazole rings is 1. The second-order valence-electron chi connectivity index (χ2n) is 7.00. The predicted octanol–water partition coefficient (Wildman–Crippen LogP) is -0.653. The Morgan fingerprint density at radius 1 is 1.41 bits per heavy atom. The molecule has 2 aromatic heterocycles. The van der Waals surface area contributed by atoms with Crippen molar-refractivity contribution >= 4 is 27.1 Å². The summed E-state index contributed by atoms with van der Waals surface area (Å²) in [6.45, 7) is 3.74. The van der Waals surface area contributed by atoms with Crippen LogP contribution in [0.25, 0.3) is 11.2 Å². The van der Waals surface area contributed by atoms with Crippen molar-refractivity contribution in [2.45, 2.75) is 50.9 Å². The summed E-state index contributed by atoms with van der Waals surface area (Å²) < 4.78 is 45.4. The Kier molecular flexibility index (Phi) is 6.24. The zero-order valence-corrected chi connectivity index (χ0v) is 17.5. The number of hydrogen-bond donors (Lipinski definition) is 3. The molecule has 0 amide bonds. The Hall–Kier alpha value is -2.06. The number of H-pyrrole nitrogens is 1. The third kappa shape index (κ3) is 4.43. The number of ether oxygens (including phenoxy) is 3. The molecule has 3 heterocycles. The van der Waals surface area contributed by atoms with E-state index in [0.29, 0.717) is 0 Å². The molecule has 4 atom stereocenters. The van der Waals surface area contributed by atoms with Crippen LogP contribution in [-0.2, 0) is 24.2 Å². The summed E-state index contributed by atoms with van der Waals surface area (Å²) in [4.78, 5) is 22.7. The minimum atomic E-state index is -3.42. The van der Waals surface area contributed by atoms with Gasteiger partial charge in [0.25, 0.3) is 5.56 Å². The van der Waals surface area contributed by atoms with Gasteiger partial charge in [-0.2, -0.15) is 4.98 Å². The van der Waals surface area contributed by atoms with Gasteiger partial charge < -0.3 is 19.9 Å². The molecular weight excluding hydrogens is 404 g/mol. The lowest BCUT2D eigenvalue weighted by molar-refractivity contribution is -0.0785. The van der Waals surface area contributed by atoms with Gasteiger partial charge in [0.15, 0.2) is 17.4 Å². The summed E-state index contributed by atoms with van der Waals surface area (Å²) in [7, 11) is -0.548. The average Bonchev–Trinajstić information content (AvgIpc) is 3.20. The molecule has 1 unspecified atom stereocenters. The molecule has 0 aromatic carbocycles. The molecule has 0 aliphatic carbocycles. The molecule has 0 radical (unpaired) electrons. The number of nitrogens with zero attached hydrogens (tertiary/aromatic N) is 3. The Bertz CT molecular complexity index is 1020. The first-order valence-corrected chi connectivity index (χ1v) is 10.8. The van der Waals surface area contributed by atoms with E-state index in [4.69, 9.17) is 19.9 Å². The SMILES string of the molecule is CNS(=O)(=O)CC[C@H]1OC(n2cnc3c(=O)[nH]c(N)nc32)[C@H](OC)[C@@H]1OC(C)C. The Morgan fingerprint density at radius 3 is 2.76 bits per heavy atom. The minimum absolute atomic E-state index is 0.0529. The van der Waals surface area contributed by atoms with Crippen molar-refractivity contribution in [3.8, 4) is 0 Å². The molecule has 162 valence electrons. The van der Waals surface area contributed by atoms with Gasteiger partial charge in [-0.3, -0.25) is 14.3 Å². The number of sulfonamides is 1. The predicted molar refractivity (Wildman–Crippen MR) is 105 cm³/mol. The van der Waals surface area contributed by atoms with E-state index in [1.807, 2.05) is 13.8 Å². The summed E-state index contributed by atoms with van der Waals surface area (Å²) in [6, 6.07) is 0. The van der Waals surface area contributed by atoms with Crippen LogP contribution in [0.5, 0.6) is 0 Å². The maximum absolute atomic E-state index is 12.1. The molecule has 1 saturated heterocycles. The average molecular weight is 430 g/mol. The lowest BCUT2D eigenvalue weighted by Gasteiger charge is -2.25. The molecule has 4 N–H and O–H groups in total. The molecule has 3 rings (SSSR count). The number of anilines is 1. The Morgan fingerprint density at radius 2 is 2.14 bits per heavy atom. The number of methoxy groups -OCH3 is 1. The van der Waals surface area contributed by atoms with Crippen LogP contribution in [0, 0.1) is 0 Å². The van der Waals surface area contributed by atoms with Crippen LogP contribution in [0.3, 0.4) is 0 Å². The Labute approximate surface area is 167 Å². The van der Waals surface area contributed by atoms with Crippen LogP contribution < -0.4 is 16.0 Å². The zero-order chi connectivity index (χ0) is 21.3. The topological polar surface area (TPSA) is 163 Å². The van der Waals surface area contributed by atoms with E-state index >= 15 is 0 Å². The highest BCUT2D eigenvalue weighted by Crippen LogP contribution is 2.36. The van der Waals surface area contributed by atoms with Gasteiger partial charge in [0, 0.05) is 7.11 Å². The van der Waals surface area contributed by atoms with Gasteiger partial charge in [0.05, 0.1) is 24.3 Å². The molecule has 13 heteroatoms. The summed E-state index contributed by atoms with van der Waals surface area (Å²) in [5.74, 6) is -0.187. The lowest BCUT2D eigenvalue weighted by atomic mass is 10.1. The molecule has 0 bridgehead atoms. The van der Waals surface area contributed by atoms with E-state index in [1.54, 1.807) is 4.57 Å². The van der Waals surface area contributed by atoms with Crippen LogP contribution in [-0.4, -0.2) is 72.3 Å². The molecule has 0 spiro atoms. The highest BCUT2D eigenvalue weighted by Gasteiger charge is 2.47. The second kappa shape index (κ2) is 8.36. The van der Waals surface area contributed by atoms with Gasteiger partial charge in [0.1, 0.15) is 12.2 Å². The summed E-state index contributed by atoms with van der Waals surface area (Å²) in [6.07, 6.45) is -0.938. The van der Waals surface area contributed by atoms with E-state index in [-0.39, 0.29) is 35.4 Å². The number of nitrogens with two attached hydrogens (primary N) is 1. The molecule has 0 saturated carbocycles. The summed E-state index contributed by atoms with van der Waals surface area (Å²) in [5.41, 5.74) is 5.56. The van der Waals surface area contributed by atoms with Crippen molar-refractivity contribution in [3.05, 3.63) is 16.7 Å². The maximum atomic E-state index is 12.1. The van der Waals surface area contributed by atoms with Crippen molar-refractivity contribution in [1.29, 1.82) is 0 Å². The largest absolute Gasteiger partial charge is 0.374 e. The maximum Gasteiger partial charge on any atom is 0.280 e. The number of fused-ring (bicyclic) bond motifs is 1. The molecule has 2 aromatic rings. The van der Waals surface area contributed by atoms with Crippen molar-refractivity contribution < 1.29 is 22.6 Å². The molecule has 29 heavy (non-hydrogen) atoms. The van der Waals surface area contributed by atoms with Gasteiger partial charge in [-0.15, -0.1) is 0 Å². The number of hydrogen-bond acceptors (Lipinski definition) is 9. The van der Waals surface area contributed by atoms with Crippen LogP contribution in [0.1, 0.15) is 26.5 Å². The van der Waals surface area contributed by atoms with Gasteiger partial charge in [-0.1, -0.05) is 0 Å². The molecule has 12 nitrogen and oxygen atoms in total. The van der Waals surface area contributed by atoms with E-state index in [2.05, 4.69) is 19.7 Å². The monoisotopic (exact) mass is 430 g/mol. The fraction of sp³-hybridized carbons (Fsp3) is 0.688. The first kappa shape index (κ1) is 21.6. The lowest BCUT2D eigenvalue weighted by Crippen LogP contribution is -2.38. The van der Waals surface area contributed by atoms with E-state index in [9.17, 15) is 13.2 Å².